The fourth-order valence-corrected chi connectivity index (χ4v) is 2.14. The molecule has 0 atom stereocenters. The van der Waals surface area contributed by atoms with Crippen LogP contribution in [0.5, 0.6) is 0 Å². The van der Waals surface area contributed by atoms with Gasteiger partial charge in [-0.05, 0) is 0 Å². The molecule has 4 aromatic rings. The van der Waals surface area contributed by atoms with Crippen molar-refractivity contribution >= 4 is 37.7 Å². The fraction of sp³-hybridized carbons (Fsp3) is 0.0500. The van der Waals surface area contributed by atoms with E-state index in [0.717, 1.165) is 0 Å². The first-order chi connectivity index (χ1) is 10.3. The summed E-state index contributed by atoms with van der Waals surface area (Å²) >= 11 is 1.51. The van der Waals surface area contributed by atoms with Crippen LogP contribution in [-0.4, -0.2) is 3.71 Å². The molecule has 0 aliphatic heterocycles. The molecular formula is C20H19ClZr. The third-order valence-electron chi connectivity index (χ3n) is 3.10. The first kappa shape index (κ1) is 18.8. The van der Waals surface area contributed by atoms with Gasteiger partial charge in [-0.1, -0.05) is 12.1 Å². The van der Waals surface area contributed by atoms with Crippen LogP contribution in [0.4, 0.5) is 0 Å². The summed E-state index contributed by atoms with van der Waals surface area (Å²) in [5.74, 6) is 0. The minimum Gasteiger partial charge on any atom is -0.168 e. The molecule has 2 heteroatoms. The minimum atomic E-state index is 0. The smallest absolute Gasteiger partial charge is 0.0809 e. The molecule has 0 N–H and O–H groups in total. The third-order valence-corrected chi connectivity index (χ3v) is 3.10. The second kappa shape index (κ2) is 10.4. The van der Waals surface area contributed by atoms with Crippen LogP contribution in [-0.2, 0) is 24.2 Å². The zero-order valence-electron chi connectivity index (χ0n) is 12.6. The molecule has 0 saturated carbocycles. The van der Waals surface area contributed by atoms with Gasteiger partial charge in [0.1, 0.15) is 0 Å². The molecule has 0 heterocycles. The van der Waals surface area contributed by atoms with Gasteiger partial charge in [0, 0.05) is 0 Å². The topological polar surface area (TPSA) is 0 Å². The van der Waals surface area contributed by atoms with Crippen molar-refractivity contribution in [3.05, 3.63) is 84.9 Å². The molecule has 22 heavy (non-hydrogen) atoms. The number of fused-ring (bicyclic) bond motifs is 2. The van der Waals surface area contributed by atoms with Gasteiger partial charge in [-0.25, -0.2) is 0 Å². The molecule has 0 aliphatic rings. The van der Waals surface area contributed by atoms with E-state index < -0.39 is 0 Å². The Bertz CT molecular complexity index is 669. The second-order valence-corrected chi connectivity index (χ2v) is 6.02. The number of benzene rings is 2. The summed E-state index contributed by atoms with van der Waals surface area (Å²) in [7, 11) is 0. The van der Waals surface area contributed by atoms with Gasteiger partial charge in [0.15, 0.2) is 0 Å². The molecule has 0 saturated heterocycles. The van der Waals surface area contributed by atoms with Crippen molar-refractivity contribution in [1.29, 1.82) is 0 Å². The summed E-state index contributed by atoms with van der Waals surface area (Å²) in [5.41, 5.74) is 0. The van der Waals surface area contributed by atoms with Gasteiger partial charge in [0.05, 0.1) is 0 Å². The molecule has 0 radical (unpaired) electrons. The first-order valence-corrected chi connectivity index (χ1v) is 8.43. The molecule has 0 aliphatic carbocycles. The molecule has 0 bridgehead atoms. The average Bonchev–Trinajstić information content (AvgIpc) is 3.17. The van der Waals surface area contributed by atoms with Crippen LogP contribution in [0.2, 0.25) is 0 Å². The molecule has 4 rings (SSSR count). The molecule has 0 aromatic heterocycles. The molecule has 0 spiro atoms. The van der Waals surface area contributed by atoms with Crippen LogP contribution in [0.25, 0.3) is 21.5 Å². The Morgan fingerprint density at radius 1 is 0.727 bits per heavy atom. The normalized spacial score (nSPS) is 9.05. The predicted molar refractivity (Wildman–Crippen MR) is 98.1 cm³/mol. The zero-order valence-corrected chi connectivity index (χ0v) is 15.8. The molecule has 0 unspecified atom stereocenters. The summed E-state index contributed by atoms with van der Waals surface area (Å²) < 4.78 is 2.09. The second-order valence-electron chi connectivity index (χ2n) is 4.60. The van der Waals surface area contributed by atoms with Crippen LogP contribution in [0.1, 0.15) is 6.92 Å². The maximum Gasteiger partial charge on any atom is -0.0809 e. The van der Waals surface area contributed by atoms with Crippen molar-refractivity contribution in [1.82, 2.24) is 0 Å². The van der Waals surface area contributed by atoms with E-state index >= 15 is 0 Å². The van der Waals surface area contributed by atoms with E-state index in [1.165, 1.54) is 45.8 Å². The summed E-state index contributed by atoms with van der Waals surface area (Å²) in [5, 5.41) is 5.32. The Hall–Kier alpha value is -1.30. The van der Waals surface area contributed by atoms with Gasteiger partial charge in [-0.3, -0.25) is 0 Å². The molecule has 0 fully saturated rings. The summed E-state index contributed by atoms with van der Waals surface area (Å²) in [6, 6.07) is 29.3. The number of hydrogen-bond acceptors (Lipinski definition) is 0. The molecule has 0 nitrogen and oxygen atoms in total. The van der Waals surface area contributed by atoms with E-state index in [1.54, 1.807) is 0 Å². The average molecular weight is 386 g/mol. The first-order valence-electron chi connectivity index (χ1n) is 7.01. The monoisotopic (exact) mass is 384 g/mol. The largest absolute Gasteiger partial charge is 0.168 e. The van der Waals surface area contributed by atoms with Crippen LogP contribution in [0.15, 0.2) is 84.9 Å². The summed E-state index contributed by atoms with van der Waals surface area (Å²) in [6.07, 6.45) is 0. The van der Waals surface area contributed by atoms with E-state index in [1.807, 2.05) is 6.92 Å². The Kier molecular flexibility index (Phi) is 8.89. The maximum absolute atomic E-state index is 2.12. The van der Waals surface area contributed by atoms with E-state index in [-0.39, 0.29) is 12.4 Å². The Morgan fingerprint density at radius 3 is 1.45 bits per heavy atom. The van der Waals surface area contributed by atoms with Gasteiger partial charge in [0.2, 0.25) is 0 Å². The Labute approximate surface area is 153 Å². The van der Waals surface area contributed by atoms with Gasteiger partial charge in [-0.15, -0.1) is 71.7 Å². The molecular weight excluding hydrogens is 367 g/mol. The minimum absolute atomic E-state index is 0. The predicted octanol–water partition coefficient (Wildman–Crippen LogP) is 5.89. The number of halogens is 1. The number of rotatable bonds is 0. The fourth-order valence-electron chi connectivity index (χ4n) is 2.14. The van der Waals surface area contributed by atoms with Crippen molar-refractivity contribution in [3.63, 3.8) is 0 Å². The number of hydrogen-bond donors (Lipinski definition) is 0. The Balaban J connectivity index is 0.000000181. The SMILES string of the molecule is C[CH]=[Zr+2].Cl.c1ccc2[cH-]ccc2c1.c1ccc2[cH-]ccc2c1. The zero-order chi connectivity index (χ0) is 14.9. The molecule has 110 valence electrons. The van der Waals surface area contributed by atoms with E-state index in [4.69, 9.17) is 0 Å². The van der Waals surface area contributed by atoms with Crippen LogP contribution >= 0.6 is 12.4 Å². The van der Waals surface area contributed by atoms with Gasteiger partial charge in [0.25, 0.3) is 0 Å². The molecule has 4 aromatic carbocycles. The van der Waals surface area contributed by atoms with Crippen LogP contribution in [0, 0.1) is 0 Å². The summed E-state index contributed by atoms with van der Waals surface area (Å²) in [6.45, 7) is 2.04. The summed E-state index contributed by atoms with van der Waals surface area (Å²) in [4.78, 5) is 0. The van der Waals surface area contributed by atoms with Crippen molar-refractivity contribution in [2.24, 2.45) is 0 Å². The third kappa shape index (κ3) is 5.48. The van der Waals surface area contributed by atoms with Gasteiger partial charge < -0.3 is 0 Å². The molecule has 0 amide bonds. The Morgan fingerprint density at radius 2 is 1.09 bits per heavy atom. The maximum atomic E-state index is 2.12. The van der Waals surface area contributed by atoms with E-state index in [9.17, 15) is 0 Å². The van der Waals surface area contributed by atoms with E-state index in [0.29, 0.717) is 0 Å². The standard InChI is InChI=1S/2C9H7.C2H4.ClH.Zr/c2*1-2-5-9-7-3-6-8(9)4-1;1-2;;/h2*1-7H;1H,2H3;1H;/q2*-1;;;+2. The van der Waals surface area contributed by atoms with Crippen LogP contribution in [0.3, 0.4) is 0 Å². The van der Waals surface area contributed by atoms with Crippen molar-refractivity contribution < 1.29 is 24.2 Å². The van der Waals surface area contributed by atoms with Gasteiger partial charge >= 0.3 is 34.9 Å². The van der Waals surface area contributed by atoms with Crippen LogP contribution < -0.4 is 0 Å². The van der Waals surface area contributed by atoms with Crippen molar-refractivity contribution in [2.45, 2.75) is 6.92 Å². The van der Waals surface area contributed by atoms with E-state index in [2.05, 4.69) is 88.6 Å². The van der Waals surface area contributed by atoms with Crippen molar-refractivity contribution in [2.75, 3.05) is 0 Å². The quantitative estimate of drug-likeness (QED) is 0.331. The van der Waals surface area contributed by atoms with Gasteiger partial charge in [-0.2, -0.15) is 35.0 Å². The van der Waals surface area contributed by atoms with Crippen molar-refractivity contribution in [3.8, 4) is 0 Å².